The summed E-state index contributed by atoms with van der Waals surface area (Å²) in [5.74, 6) is -0.0645. The van der Waals surface area contributed by atoms with E-state index in [1.54, 1.807) is 7.11 Å². The van der Waals surface area contributed by atoms with Crippen LogP contribution in [-0.4, -0.2) is 31.4 Å². The number of benzene rings is 1. The summed E-state index contributed by atoms with van der Waals surface area (Å²) in [5, 5.41) is 8.44. The SMILES string of the molecule is COc1cc(C)c(CCOCC(=O)O)cc1C. The van der Waals surface area contributed by atoms with Gasteiger partial charge in [-0.3, -0.25) is 0 Å². The van der Waals surface area contributed by atoms with Gasteiger partial charge in [0.05, 0.1) is 13.7 Å². The summed E-state index contributed by atoms with van der Waals surface area (Å²) in [6, 6.07) is 4.04. The monoisotopic (exact) mass is 238 g/mol. The number of carbonyl (C=O) groups is 1. The highest BCUT2D eigenvalue weighted by Crippen LogP contribution is 2.22. The predicted octanol–water partition coefficient (Wildman–Crippen LogP) is 1.96. The minimum atomic E-state index is -0.937. The van der Waals surface area contributed by atoms with E-state index in [0.717, 1.165) is 22.4 Å². The van der Waals surface area contributed by atoms with Crippen molar-refractivity contribution in [2.75, 3.05) is 20.3 Å². The van der Waals surface area contributed by atoms with Gasteiger partial charge in [-0.05, 0) is 43.0 Å². The summed E-state index contributed by atoms with van der Waals surface area (Å²) in [4.78, 5) is 10.3. The normalized spacial score (nSPS) is 10.3. The highest BCUT2D eigenvalue weighted by molar-refractivity contribution is 5.67. The number of hydrogen-bond acceptors (Lipinski definition) is 3. The van der Waals surface area contributed by atoms with Crippen molar-refractivity contribution in [1.82, 2.24) is 0 Å². The molecule has 0 atom stereocenters. The van der Waals surface area contributed by atoms with Crippen molar-refractivity contribution in [3.8, 4) is 5.75 Å². The van der Waals surface area contributed by atoms with Crippen LogP contribution in [0.2, 0.25) is 0 Å². The number of carboxylic acid groups (broad SMARTS) is 1. The Hall–Kier alpha value is -1.55. The summed E-state index contributed by atoms with van der Waals surface area (Å²) in [6.07, 6.45) is 0.712. The summed E-state index contributed by atoms with van der Waals surface area (Å²) in [6.45, 7) is 4.17. The van der Waals surface area contributed by atoms with E-state index in [9.17, 15) is 4.79 Å². The molecule has 0 radical (unpaired) electrons. The van der Waals surface area contributed by atoms with Gasteiger partial charge in [-0.1, -0.05) is 6.07 Å². The number of carboxylic acids is 1. The molecule has 0 aliphatic carbocycles. The maximum atomic E-state index is 10.3. The molecule has 0 amide bonds. The molecule has 0 unspecified atom stereocenters. The first-order valence-corrected chi connectivity index (χ1v) is 5.48. The Bertz CT molecular complexity index is 399. The fraction of sp³-hybridized carbons (Fsp3) is 0.462. The molecule has 1 rings (SSSR count). The lowest BCUT2D eigenvalue weighted by Gasteiger charge is -2.11. The maximum Gasteiger partial charge on any atom is 0.329 e. The molecule has 1 N–H and O–H groups in total. The van der Waals surface area contributed by atoms with Crippen molar-refractivity contribution < 1.29 is 19.4 Å². The van der Waals surface area contributed by atoms with Gasteiger partial charge in [0.25, 0.3) is 0 Å². The van der Waals surface area contributed by atoms with Crippen LogP contribution < -0.4 is 4.74 Å². The van der Waals surface area contributed by atoms with Crippen molar-refractivity contribution in [1.29, 1.82) is 0 Å². The molecule has 0 heterocycles. The highest BCUT2D eigenvalue weighted by Gasteiger charge is 2.05. The van der Waals surface area contributed by atoms with Crippen LogP contribution in [0.5, 0.6) is 5.75 Å². The zero-order valence-electron chi connectivity index (χ0n) is 10.4. The summed E-state index contributed by atoms with van der Waals surface area (Å²) < 4.78 is 10.2. The van der Waals surface area contributed by atoms with Gasteiger partial charge in [-0.15, -0.1) is 0 Å². The number of ether oxygens (including phenoxy) is 2. The van der Waals surface area contributed by atoms with Crippen LogP contribution in [0, 0.1) is 13.8 Å². The molecule has 0 spiro atoms. The van der Waals surface area contributed by atoms with E-state index in [2.05, 4.69) is 6.07 Å². The number of rotatable bonds is 6. The second-order valence-corrected chi connectivity index (χ2v) is 3.94. The van der Waals surface area contributed by atoms with E-state index in [0.29, 0.717) is 13.0 Å². The quantitative estimate of drug-likeness (QED) is 0.770. The van der Waals surface area contributed by atoms with E-state index in [4.69, 9.17) is 14.6 Å². The first kappa shape index (κ1) is 13.5. The zero-order valence-corrected chi connectivity index (χ0v) is 10.4. The fourth-order valence-corrected chi connectivity index (χ4v) is 1.68. The first-order chi connectivity index (χ1) is 8.04. The van der Waals surface area contributed by atoms with Crippen molar-refractivity contribution in [3.63, 3.8) is 0 Å². The zero-order chi connectivity index (χ0) is 12.8. The van der Waals surface area contributed by atoms with Gasteiger partial charge in [0.1, 0.15) is 12.4 Å². The Labute approximate surface area is 101 Å². The van der Waals surface area contributed by atoms with Crippen LogP contribution in [0.15, 0.2) is 12.1 Å². The van der Waals surface area contributed by atoms with Gasteiger partial charge in [-0.25, -0.2) is 4.79 Å². The van der Waals surface area contributed by atoms with Crippen molar-refractivity contribution in [3.05, 3.63) is 28.8 Å². The molecule has 17 heavy (non-hydrogen) atoms. The highest BCUT2D eigenvalue weighted by atomic mass is 16.5. The molecule has 94 valence electrons. The van der Waals surface area contributed by atoms with E-state index < -0.39 is 5.97 Å². The summed E-state index contributed by atoms with van der Waals surface area (Å²) in [7, 11) is 1.65. The third kappa shape index (κ3) is 4.07. The van der Waals surface area contributed by atoms with Gasteiger partial charge in [0.2, 0.25) is 0 Å². The molecule has 0 saturated carbocycles. The molecular weight excluding hydrogens is 220 g/mol. The fourth-order valence-electron chi connectivity index (χ4n) is 1.68. The van der Waals surface area contributed by atoms with E-state index >= 15 is 0 Å². The third-order valence-electron chi connectivity index (χ3n) is 2.59. The average molecular weight is 238 g/mol. The van der Waals surface area contributed by atoms with Crippen LogP contribution in [-0.2, 0) is 16.0 Å². The molecule has 0 saturated heterocycles. The number of aliphatic carboxylic acids is 1. The second kappa shape index (κ2) is 6.25. The van der Waals surface area contributed by atoms with Crippen LogP contribution in [0.25, 0.3) is 0 Å². The second-order valence-electron chi connectivity index (χ2n) is 3.94. The molecule has 4 heteroatoms. The molecule has 0 aromatic heterocycles. The Morgan fingerprint density at radius 1 is 1.29 bits per heavy atom. The minimum absolute atomic E-state index is 0.242. The lowest BCUT2D eigenvalue weighted by Crippen LogP contribution is -2.09. The molecule has 1 aromatic carbocycles. The van der Waals surface area contributed by atoms with Crippen LogP contribution >= 0.6 is 0 Å². The molecule has 1 aromatic rings. The van der Waals surface area contributed by atoms with Gasteiger partial charge in [0.15, 0.2) is 0 Å². The van der Waals surface area contributed by atoms with Crippen LogP contribution in [0.1, 0.15) is 16.7 Å². The molecule has 0 aliphatic rings. The predicted molar refractivity (Wildman–Crippen MR) is 64.6 cm³/mol. The summed E-state index contributed by atoms with van der Waals surface area (Å²) >= 11 is 0. The topological polar surface area (TPSA) is 55.8 Å². The Morgan fingerprint density at radius 3 is 2.59 bits per heavy atom. The molecule has 0 fully saturated rings. The maximum absolute atomic E-state index is 10.3. The smallest absolute Gasteiger partial charge is 0.329 e. The molecule has 0 aliphatic heterocycles. The molecular formula is C13H18O4. The lowest BCUT2D eigenvalue weighted by atomic mass is 10.0. The van der Waals surface area contributed by atoms with Crippen molar-refractivity contribution in [2.24, 2.45) is 0 Å². The minimum Gasteiger partial charge on any atom is -0.496 e. The lowest BCUT2D eigenvalue weighted by molar-refractivity contribution is -0.142. The van der Waals surface area contributed by atoms with Gasteiger partial charge >= 0.3 is 5.97 Å². The number of hydrogen-bond donors (Lipinski definition) is 1. The van der Waals surface area contributed by atoms with Crippen molar-refractivity contribution >= 4 is 5.97 Å². The Balaban J connectivity index is 2.59. The number of aryl methyl sites for hydroxylation is 2. The van der Waals surface area contributed by atoms with Gasteiger partial charge in [0, 0.05) is 0 Å². The van der Waals surface area contributed by atoms with E-state index in [1.807, 2.05) is 19.9 Å². The largest absolute Gasteiger partial charge is 0.496 e. The molecule has 4 nitrogen and oxygen atoms in total. The van der Waals surface area contributed by atoms with Crippen LogP contribution in [0.4, 0.5) is 0 Å². The van der Waals surface area contributed by atoms with Gasteiger partial charge < -0.3 is 14.6 Å². The molecule has 0 bridgehead atoms. The Morgan fingerprint density at radius 2 is 2.00 bits per heavy atom. The van der Waals surface area contributed by atoms with Crippen LogP contribution in [0.3, 0.4) is 0 Å². The average Bonchev–Trinajstić information content (AvgIpc) is 2.28. The number of methoxy groups -OCH3 is 1. The standard InChI is InChI=1S/C13H18O4/c1-9-7-12(16-3)10(2)6-11(9)4-5-17-8-13(14)15/h6-7H,4-5,8H2,1-3H3,(H,14,15). The summed E-state index contributed by atoms with van der Waals surface area (Å²) in [5.41, 5.74) is 3.37. The van der Waals surface area contributed by atoms with Crippen molar-refractivity contribution in [2.45, 2.75) is 20.3 Å². The third-order valence-corrected chi connectivity index (χ3v) is 2.59. The van der Waals surface area contributed by atoms with Gasteiger partial charge in [-0.2, -0.15) is 0 Å². The first-order valence-electron chi connectivity index (χ1n) is 5.48. The Kier molecular flexibility index (Phi) is 4.97. The van der Waals surface area contributed by atoms with E-state index in [1.165, 1.54) is 0 Å². The van der Waals surface area contributed by atoms with E-state index in [-0.39, 0.29) is 6.61 Å².